The predicted molar refractivity (Wildman–Crippen MR) is 133 cm³/mol. The Labute approximate surface area is 204 Å². The molecule has 6 rings (SSSR count). The maximum absolute atomic E-state index is 13.3. The van der Waals surface area contributed by atoms with Gasteiger partial charge in [0.15, 0.2) is 0 Å². The molecule has 0 saturated heterocycles. The monoisotopic (exact) mass is 484 g/mol. The number of ether oxygens (including phenoxy) is 1. The summed E-state index contributed by atoms with van der Waals surface area (Å²) in [7, 11) is -3.90. The van der Waals surface area contributed by atoms with E-state index in [1.807, 2.05) is 50.2 Å². The van der Waals surface area contributed by atoms with Gasteiger partial charge >= 0.3 is 0 Å². The molecule has 7 nitrogen and oxygen atoms in total. The van der Waals surface area contributed by atoms with Crippen molar-refractivity contribution in [1.29, 1.82) is 0 Å². The van der Waals surface area contributed by atoms with Crippen LogP contribution in [0.25, 0.3) is 11.3 Å². The van der Waals surface area contributed by atoms with Crippen molar-refractivity contribution in [3.8, 4) is 17.1 Å². The first kappa shape index (κ1) is 21.7. The van der Waals surface area contributed by atoms with Crippen LogP contribution in [-0.4, -0.2) is 23.4 Å². The van der Waals surface area contributed by atoms with Crippen molar-refractivity contribution in [2.45, 2.75) is 43.6 Å². The van der Waals surface area contributed by atoms with Gasteiger partial charge in [0.05, 0.1) is 10.6 Å². The highest BCUT2D eigenvalue weighted by atomic mass is 32.2. The molecule has 0 spiro atoms. The normalized spacial score (nSPS) is 19.8. The number of nitrogens with one attached hydrogen (secondary N) is 1. The molecule has 2 aliphatic rings. The fraction of sp³-hybridized carbons (Fsp3) is 0.222. The van der Waals surface area contributed by atoms with E-state index in [4.69, 9.17) is 4.74 Å². The van der Waals surface area contributed by atoms with Crippen molar-refractivity contribution < 1.29 is 13.2 Å². The van der Waals surface area contributed by atoms with E-state index in [2.05, 4.69) is 19.7 Å². The predicted octanol–water partition coefficient (Wildman–Crippen LogP) is 5.12. The Balaban J connectivity index is 1.57. The quantitative estimate of drug-likeness (QED) is 0.403. The molecule has 1 aliphatic heterocycles. The van der Waals surface area contributed by atoms with Crippen LogP contribution in [0.15, 0.2) is 71.8 Å². The highest BCUT2D eigenvalue weighted by Gasteiger charge is 2.32. The number of hydrogen-bond acceptors (Lipinski definition) is 6. The Bertz CT molecular complexity index is 1550. The molecule has 4 aromatic rings. The van der Waals surface area contributed by atoms with Crippen molar-refractivity contribution >= 4 is 16.0 Å². The molecule has 2 aromatic carbocycles. The molecule has 35 heavy (non-hydrogen) atoms. The second-order valence-electron chi connectivity index (χ2n) is 9.14. The zero-order valence-electron chi connectivity index (χ0n) is 19.4. The topological polar surface area (TPSA) is 94.1 Å². The number of aromatic nitrogens is 3. The molecule has 176 valence electrons. The number of benzene rings is 2. The van der Waals surface area contributed by atoms with Gasteiger partial charge in [-0.05, 0) is 67.5 Å². The zero-order chi connectivity index (χ0) is 24.2. The summed E-state index contributed by atoms with van der Waals surface area (Å²) in [5.74, 6) is 0.362. The maximum Gasteiger partial charge on any atom is 0.264 e. The summed E-state index contributed by atoms with van der Waals surface area (Å²) in [6.07, 6.45) is 2.92. The Morgan fingerprint density at radius 3 is 2.60 bits per heavy atom. The van der Waals surface area contributed by atoms with E-state index in [0.717, 1.165) is 39.9 Å². The van der Waals surface area contributed by atoms with E-state index in [1.165, 1.54) is 0 Å². The number of rotatable bonds is 1. The van der Waals surface area contributed by atoms with Gasteiger partial charge in [0.2, 0.25) is 11.8 Å². The first-order valence-corrected chi connectivity index (χ1v) is 13.0. The minimum atomic E-state index is -3.90. The fourth-order valence-corrected chi connectivity index (χ4v) is 6.12. The average Bonchev–Trinajstić information content (AvgIpc) is 2.83. The number of hydrogen-bond donors (Lipinski definition) is 1. The van der Waals surface area contributed by atoms with Crippen LogP contribution in [0.2, 0.25) is 0 Å². The average molecular weight is 485 g/mol. The van der Waals surface area contributed by atoms with Crippen molar-refractivity contribution in [2.75, 3.05) is 4.72 Å². The lowest BCUT2D eigenvalue weighted by molar-refractivity contribution is 0.165. The van der Waals surface area contributed by atoms with E-state index >= 15 is 0 Å². The van der Waals surface area contributed by atoms with Crippen LogP contribution in [-0.2, 0) is 16.4 Å². The Kier molecular flexibility index (Phi) is 5.07. The molecular weight excluding hydrogens is 460 g/mol. The lowest BCUT2D eigenvalue weighted by atomic mass is 9.81. The highest BCUT2D eigenvalue weighted by molar-refractivity contribution is 7.92. The Morgan fingerprint density at radius 1 is 0.971 bits per heavy atom. The molecule has 0 amide bonds. The van der Waals surface area contributed by atoms with Crippen molar-refractivity contribution in [3.05, 3.63) is 94.8 Å². The molecule has 3 heterocycles. The van der Waals surface area contributed by atoms with Crippen LogP contribution >= 0.6 is 0 Å². The summed E-state index contributed by atoms with van der Waals surface area (Å²) in [6, 6.07) is 18.8. The lowest BCUT2D eigenvalue weighted by Crippen LogP contribution is -2.24. The summed E-state index contributed by atoms with van der Waals surface area (Å²) in [5, 5.41) is 0. The summed E-state index contributed by atoms with van der Waals surface area (Å²) < 4.78 is 35.7. The third kappa shape index (κ3) is 3.93. The molecular formula is C27H24N4O3S. The fourth-order valence-electron chi connectivity index (χ4n) is 5.12. The van der Waals surface area contributed by atoms with Gasteiger partial charge in [0.25, 0.3) is 10.0 Å². The lowest BCUT2D eigenvalue weighted by Gasteiger charge is -2.31. The van der Waals surface area contributed by atoms with Gasteiger partial charge in [0.1, 0.15) is 6.10 Å². The summed E-state index contributed by atoms with van der Waals surface area (Å²) in [4.78, 5) is 13.8. The second-order valence-corrected chi connectivity index (χ2v) is 10.8. The van der Waals surface area contributed by atoms with E-state index in [-0.39, 0.29) is 22.9 Å². The van der Waals surface area contributed by atoms with Crippen LogP contribution in [0, 0.1) is 13.8 Å². The smallest absolute Gasteiger partial charge is 0.264 e. The van der Waals surface area contributed by atoms with Crippen LogP contribution < -0.4 is 9.46 Å². The van der Waals surface area contributed by atoms with Gasteiger partial charge < -0.3 is 4.74 Å². The number of aryl methyl sites for hydroxylation is 2. The van der Waals surface area contributed by atoms with Gasteiger partial charge in [-0.3, -0.25) is 4.98 Å². The SMILES string of the molecule is Cc1cccc(C)c1-c1cc2nc(n1)NS(=O)(=O)c1cccc(c1)C1Cc3ncccc3C(C1)O2. The number of pyridine rings is 1. The van der Waals surface area contributed by atoms with Gasteiger partial charge in [-0.25, -0.2) is 18.1 Å². The third-order valence-electron chi connectivity index (χ3n) is 6.78. The summed E-state index contributed by atoms with van der Waals surface area (Å²) in [6.45, 7) is 4.01. The standard InChI is InChI=1S/C27H24N4O3S/c1-16-6-3-7-17(2)26(16)23-15-25-30-27(29-23)31-35(32,33)20-9-4-8-18(12-20)19-13-22-21(10-5-11-28-22)24(14-19)34-25/h3-12,15,19,24H,13-14H2,1-2H3,(H,29,30,31). The first-order valence-electron chi connectivity index (χ1n) is 11.6. The van der Waals surface area contributed by atoms with E-state index in [1.54, 1.807) is 30.5 Å². The van der Waals surface area contributed by atoms with Crippen molar-refractivity contribution in [3.63, 3.8) is 0 Å². The van der Waals surface area contributed by atoms with Gasteiger partial charge in [-0.15, -0.1) is 0 Å². The van der Waals surface area contributed by atoms with E-state index in [9.17, 15) is 8.42 Å². The molecule has 0 radical (unpaired) electrons. The largest absolute Gasteiger partial charge is 0.469 e. The third-order valence-corrected chi connectivity index (χ3v) is 8.10. The number of sulfonamides is 1. The van der Waals surface area contributed by atoms with Gasteiger partial charge in [-0.1, -0.05) is 36.4 Å². The van der Waals surface area contributed by atoms with Crippen molar-refractivity contribution in [2.24, 2.45) is 0 Å². The summed E-state index contributed by atoms with van der Waals surface area (Å²) in [5.41, 5.74) is 6.53. The molecule has 2 atom stereocenters. The molecule has 1 aliphatic carbocycles. The first-order chi connectivity index (χ1) is 16.9. The number of anilines is 1. The zero-order valence-corrected chi connectivity index (χ0v) is 20.2. The Hall–Kier alpha value is -3.78. The van der Waals surface area contributed by atoms with Gasteiger partial charge in [-0.2, -0.15) is 4.98 Å². The molecule has 6 bridgehead atoms. The number of fused-ring (bicyclic) bond motifs is 9. The minimum Gasteiger partial charge on any atom is -0.469 e. The highest BCUT2D eigenvalue weighted by Crippen LogP contribution is 2.41. The second kappa shape index (κ2) is 8.16. The molecule has 0 saturated carbocycles. The molecule has 2 aromatic heterocycles. The van der Waals surface area contributed by atoms with Crippen LogP contribution in [0.4, 0.5) is 5.95 Å². The molecule has 2 unspecified atom stereocenters. The summed E-state index contributed by atoms with van der Waals surface area (Å²) >= 11 is 0. The van der Waals surface area contributed by atoms with Crippen molar-refractivity contribution in [1.82, 2.24) is 15.0 Å². The van der Waals surface area contributed by atoms with E-state index in [0.29, 0.717) is 18.0 Å². The minimum absolute atomic E-state index is 0.0232. The van der Waals surface area contributed by atoms with Crippen LogP contribution in [0.5, 0.6) is 5.88 Å². The molecule has 1 N–H and O–H groups in total. The molecule has 0 fully saturated rings. The van der Waals surface area contributed by atoms with Crippen LogP contribution in [0.3, 0.4) is 0 Å². The molecule has 8 heteroatoms. The maximum atomic E-state index is 13.3. The van der Waals surface area contributed by atoms with Gasteiger partial charge in [0, 0.05) is 29.1 Å². The van der Waals surface area contributed by atoms with Crippen LogP contribution in [0.1, 0.15) is 46.4 Å². The number of nitrogens with zero attached hydrogens (tertiary/aromatic N) is 3. The van der Waals surface area contributed by atoms with E-state index < -0.39 is 10.0 Å². The Morgan fingerprint density at radius 2 is 1.77 bits per heavy atom.